The van der Waals surface area contributed by atoms with Gasteiger partial charge in [-0.15, -0.1) is 32.9 Å². The van der Waals surface area contributed by atoms with Crippen LogP contribution in [0.5, 0.6) is 5.75 Å². The summed E-state index contributed by atoms with van der Waals surface area (Å²) in [6.07, 6.45) is 0. The summed E-state index contributed by atoms with van der Waals surface area (Å²) in [7, 11) is 1.66. The first kappa shape index (κ1) is 20.9. The molecule has 0 bridgehead atoms. The van der Waals surface area contributed by atoms with E-state index >= 15 is 0 Å². The van der Waals surface area contributed by atoms with Crippen molar-refractivity contribution in [3.8, 4) is 22.1 Å². The molecule has 0 fully saturated rings. The highest BCUT2D eigenvalue weighted by Crippen LogP contribution is 2.36. The van der Waals surface area contributed by atoms with Crippen molar-refractivity contribution in [1.29, 1.82) is 0 Å². The van der Waals surface area contributed by atoms with E-state index in [9.17, 15) is 0 Å². The van der Waals surface area contributed by atoms with E-state index in [4.69, 9.17) is 15.5 Å². The molecule has 5 rings (SSSR count). The number of fused-ring (bicyclic) bond motifs is 1. The smallest absolute Gasteiger partial charge is 0.196 e. The SMILES string of the molecule is COc1ccccc1-n1c(SCc2nc(N)c3c(C)c(C)sc3n2)nnc1-c1cccs1. The molecule has 0 amide bonds. The van der Waals surface area contributed by atoms with E-state index in [0.29, 0.717) is 17.4 Å². The molecule has 0 saturated carbocycles. The van der Waals surface area contributed by atoms with Gasteiger partial charge in [-0.2, -0.15) is 0 Å². The molecule has 1 aromatic carbocycles. The zero-order valence-electron chi connectivity index (χ0n) is 17.7. The first-order chi connectivity index (χ1) is 15.6. The van der Waals surface area contributed by atoms with Crippen molar-refractivity contribution in [2.24, 2.45) is 0 Å². The number of para-hydroxylation sites is 2. The summed E-state index contributed by atoms with van der Waals surface area (Å²) in [6, 6.07) is 11.9. The van der Waals surface area contributed by atoms with Crippen LogP contribution < -0.4 is 10.5 Å². The van der Waals surface area contributed by atoms with Gasteiger partial charge in [0.05, 0.1) is 28.8 Å². The molecule has 7 nitrogen and oxygen atoms in total. The molecule has 0 aliphatic carbocycles. The topological polar surface area (TPSA) is 91.7 Å². The highest BCUT2D eigenvalue weighted by atomic mass is 32.2. The molecule has 0 unspecified atom stereocenters. The van der Waals surface area contributed by atoms with Crippen LogP contribution in [0.3, 0.4) is 0 Å². The number of rotatable bonds is 6. The molecule has 0 aliphatic heterocycles. The number of anilines is 1. The van der Waals surface area contributed by atoms with Crippen LogP contribution in [0.1, 0.15) is 16.3 Å². The van der Waals surface area contributed by atoms with E-state index in [-0.39, 0.29) is 0 Å². The molecule has 0 spiro atoms. The van der Waals surface area contributed by atoms with Gasteiger partial charge < -0.3 is 10.5 Å². The van der Waals surface area contributed by atoms with Crippen molar-refractivity contribution in [3.05, 3.63) is 58.0 Å². The van der Waals surface area contributed by atoms with Gasteiger partial charge in [0.25, 0.3) is 0 Å². The van der Waals surface area contributed by atoms with Gasteiger partial charge in [0.2, 0.25) is 0 Å². The Balaban J connectivity index is 1.54. The van der Waals surface area contributed by atoms with Crippen molar-refractivity contribution in [2.75, 3.05) is 12.8 Å². The highest BCUT2D eigenvalue weighted by molar-refractivity contribution is 7.98. The van der Waals surface area contributed by atoms with Crippen LogP contribution in [0.2, 0.25) is 0 Å². The molecular formula is C22H20N6OS3. The predicted molar refractivity (Wildman–Crippen MR) is 132 cm³/mol. The third kappa shape index (κ3) is 3.64. The maximum absolute atomic E-state index is 6.27. The van der Waals surface area contributed by atoms with Crippen molar-refractivity contribution in [2.45, 2.75) is 24.8 Å². The monoisotopic (exact) mass is 480 g/mol. The molecular weight excluding hydrogens is 460 g/mol. The Morgan fingerprint density at radius 3 is 2.72 bits per heavy atom. The van der Waals surface area contributed by atoms with E-state index in [0.717, 1.165) is 43.1 Å². The number of benzene rings is 1. The summed E-state index contributed by atoms with van der Waals surface area (Å²) < 4.78 is 7.64. The van der Waals surface area contributed by atoms with Gasteiger partial charge in [0, 0.05) is 4.88 Å². The van der Waals surface area contributed by atoms with E-state index in [1.165, 1.54) is 16.6 Å². The Bertz CT molecular complexity index is 1410. The molecule has 0 atom stereocenters. The van der Waals surface area contributed by atoms with Crippen LogP contribution in [0.25, 0.3) is 26.6 Å². The third-order valence-corrected chi connectivity index (χ3v) is 8.03. The Hall–Kier alpha value is -2.95. The highest BCUT2D eigenvalue weighted by Gasteiger charge is 2.20. The number of aryl methyl sites for hydroxylation is 2. The second-order valence-corrected chi connectivity index (χ2v) is 10.2. The number of hydrogen-bond donors (Lipinski definition) is 1. The van der Waals surface area contributed by atoms with Gasteiger partial charge >= 0.3 is 0 Å². The van der Waals surface area contributed by atoms with E-state index in [1.54, 1.807) is 29.8 Å². The van der Waals surface area contributed by atoms with Crippen LogP contribution in [-0.2, 0) is 5.75 Å². The van der Waals surface area contributed by atoms with Crippen LogP contribution in [0, 0.1) is 13.8 Å². The van der Waals surface area contributed by atoms with Gasteiger partial charge in [-0.1, -0.05) is 30.0 Å². The number of hydrogen-bond acceptors (Lipinski definition) is 9. The van der Waals surface area contributed by atoms with Gasteiger partial charge in [0.15, 0.2) is 11.0 Å². The lowest BCUT2D eigenvalue weighted by Gasteiger charge is -2.13. The zero-order chi connectivity index (χ0) is 22.2. The Morgan fingerprint density at radius 2 is 1.94 bits per heavy atom. The second kappa shape index (κ2) is 8.53. The van der Waals surface area contributed by atoms with Crippen LogP contribution in [0.15, 0.2) is 46.9 Å². The molecule has 0 radical (unpaired) electrons. The maximum Gasteiger partial charge on any atom is 0.196 e. The number of nitrogens with two attached hydrogens (primary N) is 1. The maximum atomic E-state index is 6.27. The summed E-state index contributed by atoms with van der Waals surface area (Å²) in [4.78, 5) is 12.5. The van der Waals surface area contributed by atoms with Crippen molar-refractivity contribution in [1.82, 2.24) is 24.7 Å². The number of ether oxygens (including phenoxy) is 1. The van der Waals surface area contributed by atoms with E-state index in [2.05, 4.69) is 29.0 Å². The number of aromatic nitrogens is 5. The molecule has 162 valence electrons. The Morgan fingerprint density at radius 1 is 1.09 bits per heavy atom. The molecule has 0 aliphatic rings. The number of nitrogen functional groups attached to an aromatic ring is 1. The van der Waals surface area contributed by atoms with Crippen LogP contribution >= 0.6 is 34.4 Å². The van der Waals surface area contributed by atoms with Crippen molar-refractivity contribution in [3.63, 3.8) is 0 Å². The van der Waals surface area contributed by atoms with Gasteiger partial charge in [-0.25, -0.2) is 9.97 Å². The number of nitrogens with zero attached hydrogens (tertiary/aromatic N) is 5. The largest absolute Gasteiger partial charge is 0.495 e. The molecule has 5 aromatic rings. The van der Waals surface area contributed by atoms with Crippen molar-refractivity contribution >= 4 is 50.5 Å². The first-order valence-electron chi connectivity index (χ1n) is 9.84. The van der Waals surface area contributed by atoms with Crippen LogP contribution in [-0.4, -0.2) is 31.8 Å². The minimum atomic E-state index is 0.522. The molecule has 4 aromatic heterocycles. The summed E-state index contributed by atoms with van der Waals surface area (Å²) >= 11 is 4.79. The predicted octanol–water partition coefficient (Wildman–Crippen LogP) is 5.50. The Labute approximate surface area is 197 Å². The minimum absolute atomic E-state index is 0.522. The average Bonchev–Trinajstić information content (AvgIpc) is 3.52. The molecule has 4 heterocycles. The summed E-state index contributed by atoms with van der Waals surface area (Å²) in [5.74, 6) is 3.24. The van der Waals surface area contributed by atoms with Crippen LogP contribution in [0.4, 0.5) is 5.82 Å². The Kier molecular flexibility index (Phi) is 5.58. The lowest BCUT2D eigenvalue weighted by Crippen LogP contribution is -2.03. The lowest BCUT2D eigenvalue weighted by atomic mass is 10.2. The van der Waals surface area contributed by atoms with E-state index < -0.39 is 0 Å². The summed E-state index contributed by atoms with van der Waals surface area (Å²) in [5, 5.41) is 12.7. The zero-order valence-corrected chi connectivity index (χ0v) is 20.1. The fraction of sp³-hybridized carbons (Fsp3) is 0.182. The lowest BCUT2D eigenvalue weighted by molar-refractivity contribution is 0.412. The van der Waals surface area contributed by atoms with Gasteiger partial charge in [-0.05, 0) is 43.0 Å². The molecule has 10 heteroatoms. The minimum Gasteiger partial charge on any atom is -0.495 e. The quantitative estimate of drug-likeness (QED) is 0.321. The second-order valence-electron chi connectivity index (χ2n) is 7.07. The molecule has 0 saturated heterocycles. The number of methoxy groups -OCH3 is 1. The molecule has 32 heavy (non-hydrogen) atoms. The summed E-state index contributed by atoms with van der Waals surface area (Å²) in [6.45, 7) is 4.14. The standard InChI is InChI=1S/C22H20N6OS3/c1-12-13(2)32-21-18(12)19(23)24-17(25-21)11-31-22-27-26-20(16-9-6-10-30-16)28(22)14-7-4-5-8-15(14)29-3/h4-10H,11H2,1-3H3,(H2,23,24,25). The van der Waals surface area contributed by atoms with Gasteiger partial charge in [0.1, 0.15) is 22.2 Å². The summed E-state index contributed by atoms with van der Waals surface area (Å²) in [5.41, 5.74) is 8.30. The number of thiophene rings is 2. The fourth-order valence-electron chi connectivity index (χ4n) is 3.48. The number of thioether (sulfide) groups is 1. The first-order valence-corrected chi connectivity index (χ1v) is 12.5. The van der Waals surface area contributed by atoms with Crippen molar-refractivity contribution < 1.29 is 4.74 Å². The fourth-order valence-corrected chi connectivity index (χ4v) is 6.03. The third-order valence-electron chi connectivity index (χ3n) is 5.13. The van der Waals surface area contributed by atoms with Gasteiger partial charge in [-0.3, -0.25) is 4.57 Å². The normalized spacial score (nSPS) is 11.3. The van der Waals surface area contributed by atoms with E-state index in [1.807, 2.05) is 46.3 Å². The average molecular weight is 481 g/mol. The molecule has 2 N–H and O–H groups in total.